The van der Waals surface area contributed by atoms with Crippen LogP contribution in [0.1, 0.15) is 51.0 Å². The van der Waals surface area contributed by atoms with Gasteiger partial charge in [0, 0.05) is 38.8 Å². The molecule has 1 saturated heterocycles. The van der Waals surface area contributed by atoms with Gasteiger partial charge in [0.25, 0.3) is 0 Å². The Hall–Kier alpha value is -1.09. The molecule has 0 bridgehead atoms. The fraction of sp³-hybridized carbons (Fsp3) is 0.667. The summed E-state index contributed by atoms with van der Waals surface area (Å²) in [6.07, 6.45) is 7.83. The predicted molar refractivity (Wildman–Crippen MR) is 123 cm³/mol. The largest absolute Gasteiger partial charge is 0.491 e. The maximum Gasteiger partial charge on any atom is 0.191 e. The first-order valence-electron chi connectivity index (χ1n) is 10.3. The molecule has 0 spiro atoms. The van der Waals surface area contributed by atoms with Crippen molar-refractivity contribution in [2.24, 2.45) is 4.99 Å². The summed E-state index contributed by atoms with van der Waals surface area (Å²) in [5, 5.41) is 6.82. The molecular weight excluding hydrogens is 470 g/mol. The lowest BCUT2D eigenvalue weighted by Gasteiger charge is -2.36. The number of ether oxygens (including phenoxy) is 1. The summed E-state index contributed by atoms with van der Waals surface area (Å²) in [6, 6.07) is 6.36. The van der Waals surface area contributed by atoms with E-state index in [0.717, 1.165) is 30.4 Å². The molecule has 3 rings (SSSR count). The number of halogens is 2. The van der Waals surface area contributed by atoms with Crippen LogP contribution in [0.4, 0.5) is 4.39 Å². The van der Waals surface area contributed by atoms with E-state index in [1.807, 2.05) is 13.0 Å². The average molecular weight is 504 g/mol. The van der Waals surface area contributed by atoms with Crippen LogP contribution in [0.3, 0.4) is 0 Å². The van der Waals surface area contributed by atoms with Crippen molar-refractivity contribution in [2.45, 2.75) is 64.1 Å². The van der Waals surface area contributed by atoms with Gasteiger partial charge in [-0.3, -0.25) is 4.99 Å². The van der Waals surface area contributed by atoms with Crippen molar-refractivity contribution < 1.29 is 9.13 Å². The second kappa shape index (κ2) is 11.8. The third kappa shape index (κ3) is 6.47. The highest BCUT2D eigenvalue weighted by Gasteiger charge is 2.27. The van der Waals surface area contributed by atoms with Crippen LogP contribution in [0.5, 0.6) is 5.75 Å². The topological polar surface area (TPSA) is 48.9 Å². The molecular formula is C21H34FIN4O. The highest BCUT2D eigenvalue weighted by molar-refractivity contribution is 14.0. The number of nitrogens with zero attached hydrogens (tertiary/aromatic N) is 2. The molecule has 0 unspecified atom stereocenters. The van der Waals surface area contributed by atoms with Gasteiger partial charge in [-0.25, -0.2) is 4.39 Å². The fourth-order valence-electron chi connectivity index (χ4n) is 4.18. The molecule has 7 heteroatoms. The number of nitrogens with one attached hydrogen (secondary N) is 2. The summed E-state index contributed by atoms with van der Waals surface area (Å²) in [6.45, 7) is 5.18. The van der Waals surface area contributed by atoms with Crippen molar-refractivity contribution in [3.8, 4) is 5.75 Å². The fourth-order valence-corrected chi connectivity index (χ4v) is 4.18. The van der Waals surface area contributed by atoms with Crippen LogP contribution in [-0.2, 0) is 6.54 Å². The van der Waals surface area contributed by atoms with Crippen molar-refractivity contribution in [1.82, 2.24) is 15.5 Å². The zero-order chi connectivity index (χ0) is 19.1. The zero-order valence-electron chi connectivity index (χ0n) is 17.0. The molecule has 0 atom stereocenters. The molecule has 2 N–H and O–H groups in total. The SMILES string of the molecule is CCOc1ccc(CNC(=NC)NC2CCN(C3CCCC3)CC2)cc1F.I. The van der Waals surface area contributed by atoms with Gasteiger partial charge in [0.1, 0.15) is 0 Å². The Morgan fingerprint density at radius 2 is 1.93 bits per heavy atom. The monoisotopic (exact) mass is 504 g/mol. The van der Waals surface area contributed by atoms with Crippen LogP contribution in [-0.4, -0.2) is 49.7 Å². The van der Waals surface area contributed by atoms with Gasteiger partial charge in [-0.1, -0.05) is 18.9 Å². The van der Waals surface area contributed by atoms with E-state index in [2.05, 4.69) is 20.5 Å². The van der Waals surface area contributed by atoms with E-state index in [-0.39, 0.29) is 29.8 Å². The van der Waals surface area contributed by atoms with Gasteiger partial charge < -0.3 is 20.3 Å². The quantitative estimate of drug-likeness (QED) is 0.351. The number of aliphatic imine (C=N–C) groups is 1. The number of rotatable bonds is 6. The number of guanidine groups is 1. The van der Waals surface area contributed by atoms with Crippen LogP contribution in [0.25, 0.3) is 0 Å². The van der Waals surface area contributed by atoms with Crippen molar-refractivity contribution in [2.75, 3.05) is 26.7 Å². The number of piperidine rings is 1. The molecule has 2 aliphatic rings. The Labute approximate surface area is 185 Å². The van der Waals surface area contributed by atoms with Crippen LogP contribution >= 0.6 is 24.0 Å². The van der Waals surface area contributed by atoms with E-state index in [4.69, 9.17) is 4.74 Å². The maximum atomic E-state index is 14.0. The summed E-state index contributed by atoms with van der Waals surface area (Å²) < 4.78 is 19.2. The van der Waals surface area contributed by atoms with Crippen molar-refractivity contribution in [3.05, 3.63) is 29.6 Å². The molecule has 1 aliphatic carbocycles. The summed E-state index contributed by atoms with van der Waals surface area (Å²) in [4.78, 5) is 7.00. The molecule has 2 fully saturated rings. The second-order valence-electron chi connectivity index (χ2n) is 7.52. The number of likely N-dealkylation sites (tertiary alicyclic amines) is 1. The molecule has 28 heavy (non-hydrogen) atoms. The van der Waals surface area contributed by atoms with E-state index in [1.54, 1.807) is 13.1 Å². The minimum atomic E-state index is -0.321. The lowest BCUT2D eigenvalue weighted by Crippen LogP contribution is -2.50. The van der Waals surface area contributed by atoms with Gasteiger partial charge in [0.05, 0.1) is 6.61 Å². The first-order chi connectivity index (χ1) is 13.2. The molecule has 0 aromatic heterocycles. The van der Waals surface area contributed by atoms with Crippen molar-refractivity contribution >= 4 is 29.9 Å². The lowest BCUT2D eigenvalue weighted by atomic mass is 10.0. The average Bonchev–Trinajstić information content (AvgIpc) is 3.22. The highest BCUT2D eigenvalue weighted by Crippen LogP contribution is 2.26. The number of hydrogen-bond donors (Lipinski definition) is 2. The minimum absolute atomic E-state index is 0. The third-order valence-electron chi connectivity index (χ3n) is 5.69. The Kier molecular flexibility index (Phi) is 9.77. The molecule has 0 radical (unpaired) electrons. The normalized spacial score (nSPS) is 19.3. The summed E-state index contributed by atoms with van der Waals surface area (Å²) in [5.74, 6) is 0.764. The van der Waals surface area contributed by atoms with Gasteiger partial charge in [0.15, 0.2) is 17.5 Å². The van der Waals surface area contributed by atoms with Gasteiger partial charge in [0.2, 0.25) is 0 Å². The Morgan fingerprint density at radius 3 is 2.54 bits per heavy atom. The molecule has 1 aliphatic heterocycles. The smallest absolute Gasteiger partial charge is 0.191 e. The van der Waals surface area contributed by atoms with Gasteiger partial charge in [-0.15, -0.1) is 24.0 Å². The predicted octanol–water partition coefficient (Wildman–Crippen LogP) is 3.91. The van der Waals surface area contributed by atoms with Gasteiger partial charge in [-0.05, 0) is 50.3 Å². The van der Waals surface area contributed by atoms with E-state index in [1.165, 1.54) is 44.8 Å². The van der Waals surface area contributed by atoms with E-state index in [9.17, 15) is 4.39 Å². The zero-order valence-corrected chi connectivity index (χ0v) is 19.4. The van der Waals surface area contributed by atoms with E-state index >= 15 is 0 Å². The third-order valence-corrected chi connectivity index (χ3v) is 5.69. The van der Waals surface area contributed by atoms with Gasteiger partial charge >= 0.3 is 0 Å². The molecule has 1 aromatic carbocycles. The molecule has 1 aromatic rings. The summed E-state index contributed by atoms with van der Waals surface area (Å²) in [7, 11) is 1.78. The Bertz CT molecular complexity index is 629. The Balaban J connectivity index is 0.00000280. The molecule has 158 valence electrons. The molecule has 1 saturated carbocycles. The van der Waals surface area contributed by atoms with Crippen LogP contribution in [0, 0.1) is 5.82 Å². The van der Waals surface area contributed by atoms with Crippen LogP contribution in [0.2, 0.25) is 0 Å². The van der Waals surface area contributed by atoms with Crippen molar-refractivity contribution in [1.29, 1.82) is 0 Å². The van der Waals surface area contributed by atoms with E-state index in [0.29, 0.717) is 24.9 Å². The Morgan fingerprint density at radius 1 is 1.21 bits per heavy atom. The van der Waals surface area contributed by atoms with Gasteiger partial charge in [-0.2, -0.15) is 0 Å². The van der Waals surface area contributed by atoms with E-state index < -0.39 is 0 Å². The molecule has 0 amide bonds. The number of hydrogen-bond acceptors (Lipinski definition) is 3. The standard InChI is InChI=1S/C21H33FN4O.HI/c1-3-27-20-9-8-16(14-19(20)22)15-24-21(23-2)25-17-10-12-26(13-11-17)18-6-4-5-7-18;/h8-9,14,17-18H,3-7,10-13,15H2,1-2H3,(H2,23,24,25);1H. The highest BCUT2D eigenvalue weighted by atomic mass is 127. The maximum absolute atomic E-state index is 14.0. The lowest BCUT2D eigenvalue weighted by molar-refractivity contribution is 0.150. The molecule has 1 heterocycles. The second-order valence-corrected chi connectivity index (χ2v) is 7.52. The first kappa shape index (κ1) is 23.2. The minimum Gasteiger partial charge on any atom is -0.491 e. The summed E-state index contributed by atoms with van der Waals surface area (Å²) in [5.41, 5.74) is 0.870. The van der Waals surface area contributed by atoms with Crippen LogP contribution in [0.15, 0.2) is 23.2 Å². The van der Waals surface area contributed by atoms with Crippen LogP contribution < -0.4 is 15.4 Å². The first-order valence-corrected chi connectivity index (χ1v) is 10.3. The van der Waals surface area contributed by atoms with Crippen molar-refractivity contribution in [3.63, 3.8) is 0 Å². The number of benzene rings is 1. The molecule has 5 nitrogen and oxygen atoms in total. The summed E-state index contributed by atoms with van der Waals surface area (Å²) >= 11 is 0.